The zero-order valence-electron chi connectivity index (χ0n) is 10.8. The van der Waals surface area contributed by atoms with Crippen LogP contribution in [0.3, 0.4) is 0 Å². The molecule has 0 spiro atoms. The van der Waals surface area contributed by atoms with Crippen LogP contribution in [0.15, 0.2) is 24.3 Å². The van der Waals surface area contributed by atoms with Gasteiger partial charge in [-0.2, -0.15) is 0 Å². The highest BCUT2D eigenvalue weighted by Gasteiger charge is 2.23. The van der Waals surface area contributed by atoms with Gasteiger partial charge in [0, 0.05) is 24.2 Å². The summed E-state index contributed by atoms with van der Waals surface area (Å²) in [6, 6.07) is 7.49. The number of hydrogen-bond donors (Lipinski definition) is 1. The van der Waals surface area contributed by atoms with Crippen LogP contribution in [0, 0.1) is 16.0 Å². The van der Waals surface area contributed by atoms with Gasteiger partial charge in [0.05, 0.1) is 4.92 Å². The van der Waals surface area contributed by atoms with Gasteiger partial charge in [-0.25, -0.2) is 0 Å². The highest BCUT2D eigenvalue weighted by Crippen LogP contribution is 2.28. The molecule has 1 aliphatic rings. The van der Waals surface area contributed by atoms with E-state index in [-0.39, 0.29) is 10.6 Å². The zero-order chi connectivity index (χ0) is 13.0. The largest absolute Gasteiger partial charge is 0.310 e. The maximum Gasteiger partial charge on any atom is 0.273 e. The van der Waals surface area contributed by atoms with Crippen molar-refractivity contribution in [1.29, 1.82) is 0 Å². The van der Waals surface area contributed by atoms with Crippen molar-refractivity contribution in [3.63, 3.8) is 0 Å². The van der Waals surface area contributed by atoms with Crippen molar-refractivity contribution in [1.82, 2.24) is 5.32 Å². The zero-order valence-corrected chi connectivity index (χ0v) is 10.8. The third kappa shape index (κ3) is 3.07. The van der Waals surface area contributed by atoms with Gasteiger partial charge in [-0.1, -0.05) is 31.5 Å². The number of benzene rings is 1. The molecule has 0 heterocycles. The highest BCUT2D eigenvalue weighted by atomic mass is 16.6. The molecule has 2 unspecified atom stereocenters. The van der Waals surface area contributed by atoms with Crippen molar-refractivity contribution in [3.8, 4) is 0 Å². The molecule has 0 amide bonds. The van der Waals surface area contributed by atoms with Gasteiger partial charge in [0.15, 0.2) is 0 Å². The third-order valence-electron chi connectivity index (χ3n) is 3.89. The molecule has 2 rings (SSSR count). The number of rotatable bonds is 5. The predicted octanol–water partition coefficient (Wildman–Crippen LogP) is 3.26. The van der Waals surface area contributed by atoms with Crippen LogP contribution in [0.5, 0.6) is 0 Å². The van der Waals surface area contributed by atoms with E-state index in [4.69, 9.17) is 0 Å². The molecule has 2 atom stereocenters. The number of hydrogen-bond acceptors (Lipinski definition) is 3. The first-order valence-corrected chi connectivity index (χ1v) is 6.66. The lowest BCUT2D eigenvalue weighted by Gasteiger charge is -2.12. The van der Waals surface area contributed by atoms with E-state index in [2.05, 4.69) is 12.2 Å². The Balaban J connectivity index is 1.92. The van der Waals surface area contributed by atoms with Gasteiger partial charge in [0.25, 0.3) is 5.69 Å². The first-order chi connectivity index (χ1) is 8.70. The lowest BCUT2D eigenvalue weighted by molar-refractivity contribution is -0.385. The van der Waals surface area contributed by atoms with E-state index in [1.54, 1.807) is 12.1 Å². The summed E-state index contributed by atoms with van der Waals surface area (Å²) in [4.78, 5) is 10.6. The molecule has 4 heteroatoms. The van der Waals surface area contributed by atoms with Gasteiger partial charge in [0.1, 0.15) is 0 Å². The Morgan fingerprint density at radius 2 is 2.17 bits per heavy atom. The third-order valence-corrected chi connectivity index (χ3v) is 3.89. The number of nitro groups is 1. The van der Waals surface area contributed by atoms with Crippen LogP contribution in [-0.4, -0.2) is 11.0 Å². The SMILES string of the molecule is CCC1CCC(NCc2ccccc2[N+](=O)[O-])C1. The van der Waals surface area contributed by atoms with E-state index in [9.17, 15) is 10.1 Å². The molecule has 0 aliphatic heterocycles. The normalized spacial score (nSPS) is 23.2. The Labute approximate surface area is 108 Å². The van der Waals surface area contributed by atoms with Gasteiger partial charge in [-0.05, 0) is 25.2 Å². The topological polar surface area (TPSA) is 55.2 Å². The van der Waals surface area contributed by atoms with Crippen LogP contribution >= 0.6 is 0 Å². The maximum atomic E-state index is 10.9. The number of nitrogens with one attached hydrogen (secondary N) is 1. The molecule has 0 aromatic heterocycles. The lowest BCUT2D eigenvalue weighted by Crippen LogP contribution is -2.26. The molecule has 98 valence electrons. The minimum atomic E-state index is -0.305. The lowest BCUT2D eigenvalue weighted by atomic mass is 10.1. The van der Waals surface area contributed by atoms with Crippen molar-refractivity contribution >= 4 is 5.69 Å². The Morgan fingerprint density at radius 1 is 1.39 bits per heavy atom. The number of nitrogens with zero attached hydrogens (tertiary/aromatic N) is 1. The van der Waals surface area contributed by atoms with Gasteiger partial charge in [-0.15, -0.1) is 0 Å². The number of nitro benzene ring substituents is 1. The van der Waals surface area contributed by atoms with Gasteiger partial charge in [-0.3, -0.25) is 10.1 Å². The van der Waals surface area contributed by atoms with Crippen LogP contribution in [0.25, 0.3) is 0 Å². The summed E-state index contributed by atoms with van der Waals surface area (Å²) in [6.07, 6.45) is 4.92. The van der Waals surface area contributed by atoms with Crippen LogP contribution < -0.4 is 5.32 Å². The Morgan fingerprint density at radius 3 is 2.83 bits per heavy atom. The van der Waals surface area contributed by atoms with Gasteiger partial charge >= 0.3 is 0 Å². The molecule has 0 saturated heterocycles. The van der Waals surface area contributed by atoms with E-state index in [0.29, 0.717) is 12.6 Å². The maximum absolute atomic E-state index is 10.9. The molecule has 1 aromatic carbocycles. The molecule has 1 aromatic rings. The number of para-hydroxylation sites is 1. The molecule has 0 bridgehead atoms. The van der Waals surface area contributed by atoms with Crippen LogP contribution in [0.4, 0.5) is 5.69 Å². The van der Waals surface area contributed by atoms with E-state index in [1.165, 1.54) is 25.7 Å². The smallest absolute Gasteiger partial charge is 0.273 e. The van der Waals surface area contributed by atoms with Crippen molar-refractivity contribution < 1.29 is 4.92 Å². The Hall–Kier alpha value is -1.42. The van der Waals surface area contributed by atoms with Crippen LogP contribution in [-0.2, 0) is 6.54 Å². The van der Waals surface area contributed by atoms with E-state index >= 15 is 0 Å². The minimum absolute atomic E-state index is 0.218. The molecular weight excluding hydrogens is 228 g/mol. The summed E-state index contributed by atoms with van der Waals surface area (Å²) in [6.45, 7) is 2.83. The molecule has 1 saturated carbocycles. The molecule has 1 N–H and O–H groups in total. The monoisotopic (exact) mass is 248 g/mol. The highest BCUT2D eigenvalue weighted by molar-refractivity contribution is 5.39. The second-order valence-corrected chi connectivity index (χ2v) is 5.05. The van der Waals surface area contributed by atoms with Crippen LogP contribution in [0.2, 0.25) is 0 Å². The van der Waals surface area contributed by atoms with E-state index in [0.717, 1.165) is 11.5 Å². The minimum Gasteiger partial charge on any atom is -0.310 e. The molecular formula is C14H20N2O2. The fourth-order valence-corrected chi connectivity index (χ4v) is 2.72. The molecule has 4 nitrogen and oxygen atoms in total. The van der Waals surface area contributed by atoms with Crippen molar-refractivity contribution in [2.24, 2.45) is 5.92 Å². The average Bonchev–Trinajstić information content (AvgIpc) is 2.84. The second kappa shape index (κ2) is 5.96. The second-order valence-electron chi connectivity index (χ2n) is 5.05. The molecule has 18 heavy (non-hydrogen) atoms. The summed E-state index contributed by atoms with van der Waals surface area (Å²) in [5.41, 5.74) is 0.998. The van der Waals surface area contributed by atoms with Crippen molar-refractivity contribution in [3.05, 3.63) is 39.9 Å². The van der Waals surface area contributed by atoms with Gasteiger partial charge in [0.2, 0.25) is 0 Å². The quantitative estimate of drug-likeness (QED) is 0.642. The average molecular weight is 248 g/mol. The summed E-state index contributed by atoms with van der Waals surface area (Å²) >= 11 is 0. The predicted molar refractivity (Wildman–Crippen MR) is 71.4 cm³/mol. The van der Waals surface area contributed by atoms with Crippen molar-refractivity contribution in [2.75, 3.05) is 0 Å². The first kappa shape index (κ1) is 13.0. The van der Waals surface area contributed by atoms with Crippen molar-refractivity contribution in [2.45, 2.75) is 45.2 Å². The Bertz CT molecular complexity index is 420. The molecule has 1 fully saturated rings. The summed E-state index contributed by atoms with van der Waals surface area (Å²) in [7, 11) is 0. The first-order valence-electron chi connectivity index (χ1n) is 6.66. The standard InChI is InChI=1S/C14H20N2O2/c1-2-11-7-8-13(9-11)15-10-12-5-3-4-6-14(12)16(17)18/h3-6,11,13,15H,2,7-10H2,1H3. The summed E-state index contributed by atoms with van der Waals surface area (Å²) < 4.78 is 0. The Kier molecular flexibility index (Phi) is 4.31. The fourth-order valence-electron chi connectivity index (χ4n) is 2.72. The fraction of sp³-hybridized carbons (Fsp3) is 0.571. The molecule has 0 radical (unpaired) electrons. The van der Waals surface area contributed by atoms with E-state index in [1.807, 2.05) is 12.1 Å². The van der Waals surface area contributed by atoms with Crippen LogP contribution in [0.1, 0.15) is 38.2 Å². The summed E-state index contributed by atoms with van der Waals surface area (Å²) in [5, 5.41) is 14.3. The van der Waals surface area contributed by atoms with Gasteiger partial charge < -0.3 is 5.32 Å². The summed E-state index contributed by atoms with van der Waals surface area (Å²) in [5.74, 6) is 0.827. The molecule has 1 aliphatic carbocycles. The van der Waals surface area contributed by atoms with E-state index < -0.39 is 0 Å².